The summed E-state index contributed by atoms with van der Waals surface area (Å²) in [6.45, 7) is -0.466. The molecular weight excluding hydrogens is 414 g/mol. The maximum absolute atomic E-state index is 12.7. The van der Waals surface area contributed by atoms with Crippen LogP contribution >= 0.6 is 0 Å². The Kier molecular flexibility index (Phi) is 7.50. The fourth-order valence-electron chi connectivity index (χ4n) is 2.37. The van der Waals surface area contributed by atoms with Crippen LogP contribution in [0.25, 0.3) is 0 Å². The molecule has 2 aromatic carbocycles. The Morgan fingerprint density at radius 3 is 2.30 bits per heavy atom. The van der Waals surface area contributed by atoms with Crippen LogP contribution in [0.3, 0.4) is 0 Å². The first-order chi connectivity index (χ1) is 14.2. The molecule has 0 saturated heterocycles. The van der Waals surface area contributed by atoms with Crippen molar-refractivity contribution in [3.63, 3.8) is 0 Å². The van der Waals surface area contributed by atoms with Crippen molar-refractivity contribution in [1.82, 2.24) is 9.73 Å². The molecule has 0 saturated carbocycles. The Labute approximate surface area is 173 Å². The maximum Gasteiger partial charge on any atom is 0.335 e. The van der Waals surface area contributed by atoms with E-state index in [1.54, 1.807) is 0 Å². The Balaban J connectivity index is 2.01. The molecule has 11 heteroatoms. The van der Waals surface area contributed by atoms with Crippen LogP contribution in [0.15, 0.2) is 52.5 Å². The largest absolute Gasteiger partial charge is 0.493 e. The van der Waals surface area contributed by atoms with Crippen molar-refractivity contribution in [2.75, 3.05) is 27.8 Å². The van der Waals surface area contributed by atoms with E-state index >= 15 is 0 Å². The highest BCUT2D eigenvalue weighted by Gasteiger charge is 2.24. The number of rotatable bonds is 9. The van der Waals surface area contributed by atoms with Crippen molar-refractivity contribution in [2.24, 2.45) is 5.10 Å². The lowest BCUT2D eigenvalue weighted by molar-refractivity contribution is -0.121. The van der Waals surface area contributed by atoms with E-state index in [0.717, 1.165) is 4.31 Å². The summed E-state index contributed by atoms with van der Waals surface area (Å²) < 4.78 is 36.4. The van der Waals surface area contributed by atoms with Crippen molar-refractivity contribution in [2.45, 2.75) is 4.90 Å². The van der Waals surface area contributed by atoms with E-state index < -0.39 is 28.4 Å². The average Bonchev–Trinajstić information content (AvgIpc) is 2.73. The lowest BCUT2D eigenvalue weighted by Crippen LogP contribution is -2.36. The fraction of sp³-hybridized carbons (Fsp3) is 0.211. The van der Waals surface area contributed by atoms with Crippen molar-refractivity contribution in [1.29, 1.82) is 0 Å². The lowest BCUT2D eigenvalue weighted by Gasteiger charge is -2.17. The monoisotopic (exact) mass is 435 g/mol. The SMILES string of the molecule is COc1ccc(S(=O)(=O)N(C)CC(=O)N/N=C\c2ccc(C(=O)O)cc2)cc1OC. The summed E-state index contributed by atoms with van der Waals surface area (Å²) in [6, 6.07) is 9.95. The highest BCUT2D eigenvalue weighted by atomic mass is 32.2. The number of benzene rings is 2. The lowest BCUT2D eigenvalue weighted by atomic mass is 10.1. The van der Waals surface area contributed by atoms with Crippen LogP contribution in [0, 0.1) is 0 Å². The van der Waals surface area contributed by atoms with Gasteiger partial charge in [0.1, 0.15) is 0 Å². The Hall–Kier alpha value is -3.44. The third-order valence-electron chi connectivity index (χ3n) is 3.99. The molecule has 0 radical (unpaired) electrons. The topological polar surface area (TPSA) is 135 Å². The first kappa shape index (κ1) is 22.8. The van der Waals surface area contributed by atoms with E-state index in [0.29, 0.717) is 11.3 Å². The molecule has 10 nitrogen and oxygen atoms in total. The number of carbonyl (C=O) groups excluding carboxylic acids is 1. The quantitative estimate of drug-likeness (QED) is 0.446. The molecule has 160 valence electrons. The zero-order chi connectivity index (χ0) is 22.3. The maximum atomic E-state index is 12.7. The number of nitrogens with one attached hydrogen (secondary N) is 1. The molecule has 0 bridgehead atoms. The van der Waals surface area contributed by atoms with E-state index in [1.165, 1.54) is 69.9 Å². The summed E-state index contributed by atoms with van der Waals surface area (Å²) in [5, 5.41) is 12.6. The number of sulfonamides is 1. The second-order valence-corrected chi connectivity index (χ2v) is 8.04. The van der Waals surface area contributed by atoms with Gasteiger partial charge in [-0.25, -0.2) is 18.6 Å². The predicted molar refractivity (Wildman–Crippen MR) is 108 cm³/mol. The summed E-state index contributed by atoms with van der Waals surface area (Å²) in [5.41, 5.74) is 2.91. The van der Waals surface area contributed by atoms with Crippen LogP contribution in [-0.4, -0.2) is 63.7 Å². The number of nitrogens with zero attached hydrogens (tertiary/aromatic N) is 2. The number of ether oxygens (including phenoxy) is 2. The van der Waals surface area contributed by atoms with Gasteiger partial charge in [-0.15, -0.1) is 0 Å². The number of methoxy groups -OCH3 is 2. The van der Waals surface area contributed by atoms with Gasteiger partial charge in [-0.3, -0.25) is 4.79 Å². The van der Waals surface area contributed by atoms with Gasteiger partial charge < -0.3 is 14.6 Å². The standard InChI is InChI=1S/C19H21N3O7S/c1-22(30(26,27)15-8-9-16(28-2)17(10-15)29-3)12-18(23)21-20-11-13-4-6-14(7-5-13)19(24)25/h4-11H,12H2,1-3H3,(H,21,23)(H,24,25)/b20-11-. The van der Waals surface area contributed by atoms with E-state index in [4.69, 9.17) is 14.6 Å². The number of hydrazone groups is 1. The molecule has 0 aliphatic heterocycles. The molecular formula is C19H21N3O7S. The van der Waals surface area contributed by atoms with Crippen LogP contribution in [0.1, 0.15) is 15.9 Å². The van der Waals surface area contributed by atoms with Gasteiger partial charge in [0.2, 0.25) is 10.0 Å². The number of amides is 1. The second-order valence-electron chi connectivity index (χ2n) is 6.00. The summed E-state index contributed by atoms with van der Waals surface area (Å²) in [7, 11) is 0.133. The van der Waals surface area contributed by atoms with Crippen LogP contribution in [0.4, 0.5) is 0 Å². The van der Waals surface area contributed by atoms with E-state index in [9.17, 15) is 18.0 Å². The zero-order valence-corrected chi connectivity index (χ0v) is 17.3. The van der Waals surface area contributed by atoms with E-state index in [2.05, 4.69) is 10.5 Å². The minimum absolute atomic E-state index is 0.0579. The van der Waals surface area contributed by atoms with Gasteiger partial charge in [-0.05, 0) is 29.8 Å². The van der Waals surface area contributed by atoms with Gasteiger partial charge >= 0.3 is 5.97 Å². The Bertz CT molecular complexity index is 1050. The summed E-state index contributed by atoms with van der Waals surface area (Å²) in [5.74, 6) is -1.08. The molecule has 0 aromatic heterocycles. The number of carboxylic acids is 1. The van der Waals surface area contributed by atoms with Crippen LogP contribution in [0.2, 0.25) is 0 Å². The summed E-state index contributed by atoms with van der Waals surface area (Å²) in [4.78, 5) is 22.8. The van der Waals surface area contributed by atoms with Gasteiger partial charge in [0.05, 0.1) is 37.4 Å². The van der Waals surface area contributed by atoms with Crippen LogP contribution in [-0.2, 0) is 14.8 Å². The molecule has 2 rings (SSSR count). The van der Waals surface area contributed by atoms with E-state index in [1.807, 2.05) is 0 Å². The van der Waals surface area contributed by atoms with Crippen molar-refractivity contribution >= 4 is 28.1 Å². The third kappa shape index (κ3) is 5.55. The van der Waals surface area contributed by atoms with Gasteiger partial charge in [0.15, 0.2) is 11.5 Å². The molecule has 0 aliphatic carbocycles. The number of aromatic carboxylic acids is 1. The van der Waals surface area contributed by atoms with Crippen molar-refractivity contribution < 1.29 is 32.6 Å². The number of likely N-dealkylation sites (N-methyl/N-ethyl adjacent to an activating group) is 1. The van der Waals surface area contributed by atoms with Gasteiger partial charge in [0, 0.05) is 13.1 Å². The molecule has 2 aromatic rings. The fourth-order valence-corrected chi connectivity index (χ4v) is 3.51. The van der Waals surface area contributed by atoms with Gasteiger partial charge in [-0.2, -0.15) is 9.41 Å². The highest BCUT2D eigenvalue weighted by molar-refractivity contribution is 7.89. The number of hydrogen-bond donors (Lipinski definition) is 2. The normalized spacial score (nSPS) is 11.5. The highest BCUT2D eigenvalue weighted by Crippen LogP contribution is 2.30. The number of hydrogen-bond acceptors (Lipinski definition) is 7. The van der Waals surface area contributed by atoms with Crippen molar-refractivity contribution in [3.8, 4) is 11.5 Å². The molecule has 30 heavy (non-hydrogen) atoms. The molecule has 0 aliphatic rings. The van der Waals surface area contributed by atoms with Gasteiger partial charge in [-0.1, -0.05) is 12.1 Å². The minimum Gasteiger partial charge on any atom is -0.493 e. The summed E-state index contributed by atoms with van der Waals surface area (Å²) >= 11 is 0. The van der Waals surface area contributed by atoms with Gasteiger partial charge in [0.25, 0.3) is 5.91 Å². The molecule has 0 atom stereocenters. The molecule has 1 amide bonds. The minimum atomic E-state index is -3.95. The second kappa shape index (κ2) is 9.85. The molecule has 0 fully saturated rings. The average molecular weight is 435 g/mol. The van der Waals surface area contributed by atoms with Crippen LogP contribution in [0.5, 0.6) is 11.5 Å². The number of carboxylic acid groups (broad SMARTS) is 1. The Morgan fingerprint density at radius 1 is 1.10 bits per heavy atom. The molecule has 2 N–H and O–H groups in total. The predicted octanol–water partition coefficient (Wildman–Crippen LogP) is 1.17. The molecule has 0 unspecified atom stereocenters. The van der Waals surface area contributed by atoms with Crippen molar-refractivity contribution in [3.05, 3.63) is 53.6 Å². The van der Waals surface area contributed by atoms with E-state index in [-0.39, 0.29) is 16.2 Å². The zero-order valence-electron chi connectivity index (χ0n) is 16.5. The number of carbonyl (C=O) groups is 2. The summed E-state index contributed by atoms with van der Waals surface area (Å²) in [6.07, 6.45) is 1.31. The van der Waals surface area contributed by atoms with Crippen LogP contribution < -0.4 is 14.9 Å². The smallest absolute Gasteiger partial charge is 0.335 e. The Morgan fingerprint density at radius 2 is 1.73 bits per heavy atom. The third-order valence-corrected chi connectivity index (χ3v) is 5.79. The molecule has 0 spiro atoms. The first-order valence-corrected chi connectivity index (χ1v) is 9.96. The first-order valence-electron chi connectivity index (χ1n) is 8.52. The molecule has 0 heterocycles.